The lowest BCUT2D eigenvalue weighted by molar-refractivity contribution is 0.276. The molecular weight excluding hydrogens is 296 g/mol. The van der Waals surface area contributed by atoms with E-state index in [2.05, 4.69) is 65.8 Å². The Morgan fingerprint density at radius 2 is 1.00 bits per heavy atom. The molecule has 0 saturated carbocycles. The summed E-state index contributed by atoms with van der Waals surface area (Å²) in [5.74, 6) is 2.02. The predicted octanol–water partition coefficient (Wildman–Crippen LogP) is 5.73. The third kappa shape index (κ3) is 2.31. The Morgan fingerprint density at radius 1 is 0.625 bits per heavy atom. The number of hydrogen-bond acceptors (Lipinski definition) is 2. The molecule has 0 N–H and O–H groups in total. The molecule has 4 rings (SSSR count). The Bertz CT molecular complexity index is 711. The van der Waals surface area contributed by atoms with E-state index in [-0.39, 0.29) is 10.8 Å². The fourth-order valence-corrected chi connectivity index (χ4v) is 3.55. The minimum atomic E-state index is 0.103. The van der Waals surface area contributed by atoms with Crippen molar-refractivity contribution >= 4 is 0 Å². The molecule has 0 saturated heterocycles. The van der Waals surface area contributed by atoms with Crippen LogP contribution in [0, 0.1) is 0 Å². The molecule has 0 unspecified atom stereocenters. The molecular formula is C22H26O2. The summed E-state index contributed by atoms with van der Waals surface area (Å²) in [5, 5.41) is 0. The van der Waals surface area contributed by atoms with E-state index in [0.717, 1.165) is 11.5 Å². The van der Waals surface area contributed by atoms with Gasteiger partial charge < -0.3 is 9.47 Å². The highest BCUT2D eigenvalue weighted by Crippen LogP contribution is 2.50. The predicted molar refractivity (Wildman–Crippen MR) is 97.9 cm³/mol. The van der Waals surface area contributed by atoms with E-state index in [0.29, 0.717) is 13.2 Å². The Morgan fingerprint density at radius 3 is 1.33 bits per heavy atom. The maximum absolute atomic E-state index is 6.17. The maximum Gasteiger partial charge on any atom is 0.128 e. The van der Waals surface area contributed by atoms with Gasteiger partial charge in [-0.3, -0.25) is 0 Å². The van der Waals surface area contributed by atoms with Gasteiger partial charge >= 0.3 is 0 Å². The van der Waals surface area contributed by atoms with E-state index in [1.54, 1.807) is 0 Å². The smallest absolute Gasteiger partial charge is 0.128 e. The van der Waals surface area contributed by atoms with Gasteiger partial charge in [-0.2, -0.15) is 0 Å². The van der Waals surface area contributed by atoms with Crippen molar-refractivity contribution in [1.82, 2.24) is 0 Å². The van der Waals surface area contributed by atoms with Crippen molar-refractivity contribution in [3.8, 4) is 22.6 Å². The first-order valence-corrected chi connectivity index (χ1v) is 8.75. The fourth-order valence-electron chi connectivity index (χ4n) is 3.55. The molecule has 0 radical (unpaired) electrons. The van der Waals surface area contributed by atoms with E-state index in [1.807, 2.05) is 0 Å². The van der Waals surface area contributed by atoms with Crippen LogP contribution in [0.15, 0.2) is 24.3 Å². The molecule has 126 valence electrons. The zero-order valence-electron chi connectivity index (χ0n) is 15.5. The van der Waals surface area contributed by atoms with E-state index in [4.69, 9.17) is 9.47 Å². The van der Waals surface area contributed by atoms with Crippen LogP contribution >= 0.6 is 0 Å². The summed E-state index contributed by atoms with van der Waals surface area (Å²) in [5.41, 5.74) is 7.79. The highest BCUT2D eigenvalue weighted by Gasteiger charge is 2.31. The second kappa shape index (κ2) is 4.78. The van der Waals surface area contributed by atoms with Crippen LogP contribution in [0.5, 0.6) is 11.5 Å². The third-order valence-electron chi connectivity index (χ3n) is 5.12. The number of hydrogen-bond donors (Lipinski definition) is 0. The van der Waals surface area contributed by atoms with E-state index in [9.17, 15) is 0 Å². The Kier molecular flexibility index (Phi) is 3.10. The van der Waals surface area contributed by atoms with Crippen LogP contribution in [-0.4, -0.2) is 0 Å². The van der Waals surface area contributed by atoms with Crippen molar-refractivity contribution in [1.29, 1.82) is 0 Å². The highest BCUT2D eigenvalue weighted by molar-refractivity contribution is 5.85. The normalized spacial score (nSPS) is 15.4. The summed E-state index contributed by atoms with van der Waals surface area (Å²) >= 11 is 0. The molecule has 0 fully saturated rings. The van der Waals surface area contributed by atoms with Gasteiger partial charge in [-0.05, 0) is 34.1 Å². The van der Waals surface area contributed by atoms with Crippen LogP contribution in [0.4, 0.5) is 0 Å². The number of ether oxygens (including phenoxy) is 2. The van der Waals surface area contributed by atoms with E-state index >= 15 is 0 Å². The van der Waals surface area contributed by atoms with Crippen molar-refractivity contribution in [3.05, 3.63) is 46.5 Å². The summed E-state index contributed by atoms with van der Waals surface area (Å²) in [6.45, 7) is 14.7. The summed E-state index contributed by atoms with van der Waals surface area (Å²) in [6.07, 6.45) is 0. The van der Waals surface area contributed by atoms with Gasteiger partial charge in [0.15, 0.2) is 0 Å². The third-order valence-corrected chi connectivity index (χ3v) is 5.12. The fraction of sp³-hybridized carbons (Fsp3) is 0.455. The molecule has 2 aromatic carbocycles. The van der Waals surface area contributed by atoms with Gasteiger partial charge in [-0.15, -0.1) is 0 Å². The Labute approximate surface area is 144 Å². The van der Waals surface area contributed by atoms with Gasteiger partial charge in [0.2, 0.25) is 0 Å². The zero-order chi connectivity index (χ0) is 17.3. The molecule has 2 heterocycles. The van der Waals surface area contributed by atoms with Gasteiger partial charge in [0, 0.05) is 22.3 Å². The average Bonchev–Trinajstić information content (AvgIpc) is 2.50. The molecule has 0 spiro atoms. The van der Waals surface area contributed by atoms with Gasteiger partial charge in [0.25, 0.3) is 0 Å². The lowest BCUT2D eigenvalue weighted by Gasteiger charge is -2.33. The second-order valence-electron chi connectivity index (χ2n) is 9.09. The van der Waals surface area contributed by atoms with Crippen LogP contribution in [0.2, 0.25) is 0 Å². The highest BCUT2D eigenvalue weighted by atomic mass is 16.5. The maximum atomic E-state index is 6.17. The Balaban J connectivity index is 1.95. The molecule has 0 aromatic heterocycles. The number of rotatable bonds is 0. The van der Waals surface area contributed by atoms with Crippen molar-refractivity contribution in [3.63, 3.8) is 0 Å². The first-order chi connectivity index (χ1) is 11.1. The van der Waals surface area contributed by atoms with Gasteiger partial charge in [-0.25, -0.2) is 0 Å². The average molecular weight is 322 g/mol. The molecule has 2 aliphatic heterocycles. The first kappa shape index (κ1) is 15.6. The molecule has 0 bridgehead atoms. The van der Waals surface area contributed by atoms with Crippen LogP contribution in [0.1, 0.15) is 63.8 Å². The van der Waals surface area contributed by atoms with E-state index in [1.165, 1.54) is 33.4 Å². The molecule has 0 amide bonds. The summed E-state index contributed by atoms with van der Waals surface area (Å²) in [4.78, 5) is 0. The summed E-state index contributed by atoms with van der Waals surface area (Å²) < 4.78 is 12.3. The van der Waals surface area contributed by atoms with Crippen LogP contribution in [0.3, 0.4) is 0 Å². The lowest BCUT2D eigenvalue weighted by Crippen LogP contribution is -2.20. The zero-order valence-corrected chi connectivity index (χ0v) is 15.5. The summed E-state index contributed by atoms with van der Waals surface area (Å²) in [6, 6.07) is 9.01. The second-order valence-corrected chi connectivity index (χ2v) is 9.09. The lowest BCUT2D eigenvalue weighted by atomic mass is 9.80. The van der Waals surface area contributed by atoms with Gasteiger partial charge in [0.05, 0.1) is 0 Å². The van der Waals surface area contributed by atoms with Crippen LogP contribution in [0.25, 0.3) is 11.1 Å². The largest absolute Gasteiger partial charge is 0.488 e. The van der Waals surface area contributed by atoms with E-state index < -0.39 is 0 Å². The minimum absolute atomic E-state index is 0.103. The SMILES string of the molecule is CC(C)(C)c1cc2c3c(c1)OCc1cc(C(C)(C)C)cc(c1-3)OC2. The molecule has 2 aromatic rings. The molecule has 2 aliphatic rings. The standard InChI is InChI=1S/C22H26O2/c1-21(2,3)15-7-13-11-24-18-10-16(22(4,5)6)8-14-12-23-17(9-15)19(13)20(14)18/h7-10H,11-12H2,1-6H3. The molecule has 0 aliphatic carbocycles. The van der Waals surface area contributed by atoms with Crippen LogP contribution in [-0.2, 0) is 24.0 Å². The van der Waals surface area contributed by atoms with Crippen molar-refractivity contribution < 1.29 is 9.47 Å². The van der Waals surface area contributed by atoms with Crippen LogP contribution < -0.4 is 9.47 Å². The molecule has 0 atom stereocenters. The number of benzene rings is 2. The molecule has 2 heteroatoms. The van der Waals surface area contributed by atoms with Gasteiger partial charge in [-0.1, -0.05) is 53.7 Å². The van der Waals surface area contributed by atoms with Crippen molar-refractivity contribution in [2.75, 3.05) is 0 Å². The monoisotopic (exact) mass is 322 g/mol. The molecule has 24 heavy (non-hydrogen) atoms. The van der Waals surface area contributed by atoms with Crippen molar-refractivity contribution in [2.45, 2.75) is 65.6 Å². The first-order valence-electron chi connectivity index (χ1n) is 8.75. The summed E-state index contributed by atoms with van der Waals surface area (Å²) in [7, 11) is 0. The van der Waals surface area contributed by atoms with Gasteiger partial charge in [0.1, 0.15) is 24.7 Å². The molecule has 2 nitrogen and oxygen atoms in total. The Hall–Kier alpha value is -1.96. The van der Waals surface area contributed by atoms with Crippen molar-refractivity contribution in [2.24, 2.45) is 0 Å². The quantitative estimate of drug-likeness (QED) is 0.616. The minimum Gasteiger partial charge on any atom is -0.488 e. The topological polar surface area (TPSA) is 18.5 Å².